The van der Waals surface area contributed by atoms with Crippen LogP contribution in [0.25, 0.3) is 5.69 Å². The van der Waals surface area contributed by atoms with Gasteiger partial charge in [0.05, 0.1) is 19.1 Å². The van der Waals surface area contributed by atoms with E-state index in [-0.39, 0.29) is 11.7 Å². The third-order valence-corrected chi connectivity index (χ3v) is 3.75. The van der Waals surface area contributed by atoms with Gasteiger partial charge in [0.15, 0.2) is 0 Å². The lowest BCUT2D eigenvalue weighted by molar-refractivity contribution is 0.0766. The molecule has 0 bridgehead atoms. The minimum absolute atomic E-state index is 0.182. The Bertz CT molecular complexity index is 831. The molecule has 128 valence electrons. The van der Waals surface area contributed by atoms with Crippen molar-refractivity contribution in [2.45, 2.75) is 0 Å². The number of ether oxygens (including phenoxy) is 1. The maximum Gasteiger partial charge on any atom is 0.272 e. The lowest BCUT2D eigenvalue weighted by Crippen LogP contribution is -2.32. The molecule has 0 atom stereocenters. The van der Waals surface area contributed by atoms with Gasteiger partial charge in [-0.15, -0.1) is 0 Å². The van der Waals surface area contributed by atoms with Crippen molar-refractivity contribution in [1.82, 2.24) is 14.5 Å². The number of para-hydroxylation sites is 1. The molecule has 1 heterocycles. The smallest absolute Gasteiger partial charge is 0.272 e. The molecule has 0 unspecified atom stereocenters. The topological polar surface area (TPSA) is 47.4 Å². The van der Waals surface area contributed by atoms with E-state index in [0.29, 0.717) is 24.5 Å². The van der Waals surface area contributed by atoms with Crippen molar-refractivity contribution in [3.8, 4) is 11.4 Å². The van der Waals surface area contributed by atoms with Crippen LogP contribution in [0.15, 0.2) is 67.1 Å². The molecular weight excluding hydrogens is 321 g/mol. The first-order valence-corrected chi connectivity index (χ1v) is 7.87. The van der Waals surface area contributed by atoms with Crippen LogP contribution in [-0.4, -0.2) is 40.6 Å². The number of rotatable bonds is 6. The minimum atomic E-state index is -0.327. The van der Waals surface area contributed by atoms with Gasteiger partial charge in [0.2, 0.25) is 0 Å². The van der Waals surface area contributed by atoms with Crippen LogP contribution < -0.4 is 4.74 Å². The summed E-state index contributed by atoms with van der Waals surface area (Å²) in [7, 11) is 1.71. The summed E-state index contributed by atoms with van der Waals surface area (Å²) in [5, 5.41) is 0. The Morgan fingerprint density at radius 1 is 1.16 bits per heavy atom. The number of imidazole rings is 1. The van der Waals surface area contributed by atoms with Gasteiger partial charge in [0, 0.05) is 12.7 Å². The van der Waals surface area contributed by atoms with Gasteiger partial charge in [-0.2, -0.15) is 0 Å². The Morgan fingerprint density at radius 3 is 2.60 bits per heavy atom. The Balaban J connectivity index is 1.65. The molecule has 5 nitrogen and oxygen atoms in total. The third-order valence-electron chi connectivity index (χ3n) is 3.75. The van der Waals surface area contributed by atoms with Gasteiger partial charge in [-0.25, -0.2) is 9.37 Å². The molecule has 0 spiro atoms. The Labute approximate surface area is 145 Å². The van der Waals surface area contributed by atoms with Gasteiger partial charge >= 0.3 is 0 Å². The monoisotopic (exact) mass is 339 g/mol. The molecule has 0 saturated carbocycles. The zero-order valence-corrected chi connectivity index (χ0v) is 13.8. The molecule has 0 saturated heterocycles. The minimum Gasteiger partial charge on any atom is -0.492 e. The van der Waals surface area contributed by atoms with Crippen LogP contribution in [0.3, 0.4) is 0 Å². The summed E-state index contributed by atoms with van der Waals surface area (Å²) in [5.74, 6) is 0.255. The van der Waals surface area contributed by atoms with Crippen molar-refractivity contribution < 1.29 is 13.9 Å². The highest BCUT2D eigenvalue weighted by atomic mass is 19.1. The van der Waals surface area contributed by atoms with Gasteiger partial charge in [-0.1, -0.05) is 18.2 Å². The largest absolute Gasteiger partial charge is 0.492 e. The van der Waals surface area contributed by atoms with Crippen molar-refractivity contribution in [3.63, 3.8) is 0 Å². The molecule has 0 aliphatic carbocycles. The number of halogens is 1. The predicted molar refractivity (Wildman–Crippen MR) is 92.4 cm³/mol. The first kappa shape index (κ1) is 16.7. The fraction of sp³-hybridized carbons (Fsp3) is 0.158. The van der Waals surface area contributed by atoms with E-state index in [2.05, 4.69) is 4.98 Å². The molecule has 0 radical (unpaired) electrons. The quantitative estimate of drug-likeness (QED) is 0.693. The second-order valence-corrected chi connectivity index (χ2v) is 5.51. The van der Waals surface area contributed by atoms with E-state index in [1.807, 2.05) is 30.3 Å². The summed E-state index contributed by atoms with van der Waals surface area (Å²) >= 11 is 0. The number of benzene rings is 2. The first-order chi connectivity index (χ1) is 12.1. The van der Waals surface area contributed by atoms with E-state index < -0.39 is 0 Å². The number of carbonyl (C=O) groups is 1. The highest BCUT2D eigenvalue weighted by Crippen LogP contribution is 2.14. The number of hydrogen-bond donors (Lipinski definition) is 0. The Kier molecular flexibility index (Phi) is 5.09. The van der Waals surface area contributed by atoms with Crippen molar-refractivity contribution in [2.24, 2.45) is 0 Å². The summed E-state index contributed by atoms with van der Waals surface area (Å²) in [5.41, 5.74) is 1.09. The SMILES string of the molecule is CN(CCOc1ccccc1)C(=O)c1cncn1-c1ccc(F)cc1. The Hall–Kier alpha value is -3.15. The average molecular weight is 339 g/mol. The van der Waals surface area contributed by atoms with Crippen LogP contribution in [0.5, 0.6) is 5.75 Å². The molecule has 1 aromatic heterocycles. The maximum atomic E-state index is 13.1. The number of aromatic nitrogens is 2. The molecule has 3 aromatic rings. The molecule has 0 fully saturated rings. The standard InChI is InChI=1S/C19H18FN3O2/c1-22(11-12-25-17-5-3-2-4-6-17)19(24)18-13-21-14-23(18)16-9-7-15(20)8-10-16/h2-10,13-14H,11-12H2,1H3. The van der Waals surface area contributed by atoms with Crippen LogP contribution in [0.1, 0.15) is 10.5 Å². The van der Waals surface area contributed by atoms with E-state index in [1.54, 1.807) is 28.6 Å². The number of hydrogen-bond acceptors (Lipinski definition) is 3. The van der Waals surface area contributed by atoms with E-state index in [0.717, 1.165) is 5.75 Å². The van der Waals surface area contributed by atoms with Crippen LogP contribution in [0.4, 0.5) is 4.39 Å². The van der Waals surface area contributed by atoms with E-state index >= 15 is 0 Å². The van der Waals surface area contributed by atoms with E-state index in [9.17, 15) is 9.18 Å². The van der Waals surface area contributed by atoms with Crippen molar-refractivity contribution >= 4 is 5.91 Å². The number of likely N-dealkylation sites (N-methyl/N-ethyl adjacent to an activating group) is 1. The number of amides is 1. The van der Waals surface area contributed by atoms with Gasteiger partial charge in [0.25, 0.3) is 5.91 Å². The third kappa shape index (κ3) is 4.03. The van der Waals surface area contributed by atoms with Gasteiger partial charge in [-0.05, 0) is 36.4 Å². The second-order valence-electron chi connectivity index (χ2n) is 5.51. The summed E-state index contributed by atoms with van der Waals surface area (Å²) in [6, 6.07) is 15.3. The maximum absolute atomic E-state index is 13.1. The first-order valence-electron chi connectivity index (χ1n) is 7.87. The van der Waals surface area contributed by atoms with Gasteiger partial charge < -0.3 is 9.64 Å². The van der Waals surface area contributed by atoms with Crippen molar-refractivity contribution in [2.75, 3.05) is 20.2 Å². The number of carbonyl (C=O) groups excluding carboxylic acids is 1. The molecule has 6 heteroatoms. The molecule has 25 heavy (non-hydrogen) atoms. The van der Waals surface area contributed by atoms with Gasteiger partial charge in [0.1, 0.15) is 23.9 Å². The molecule has 0 aliphatic heterocycles. The summed E-state index contributed by atoms with van der Waals surface area (Å²) in [6.07, 6.45) is 3.04. The zero-order valence-electron chi connectivity index (χ0n) is 13.8. The highest BCUT2D eigenvalue weighted by Gasteiger charge is 2.17. The second kappa shape index (κ2) is 7.61. The van der Waals surface area contributed by atoms with Crippen LogP contribution in [0, 0.1) is 5.82 Å². The molecule has 0 N–H and O–H groups in total. The van der Waals surface area contributed by atoms with Crippen LogP contribution >= 0.6 is 0 Å². The van der Waals surface area contributed by atoms with Crippen LogP contribution in [-0.2, 0) is 0 Å². The van der Waals surface area contributed by atoms with Gasteiger partial charge in [-0.3, -0.25) is 9.36 Å². The fourth-order valence-corrected chi connectivity index (χ4v) is 2.37. The lowest BCUT2D eigenvalue weighted by Gasteiger charge is -2.18. The van der Waals surface area contributed by atoms with Crippen molar-refractivity contribution in [1.29, 1.82) is 0 Å². The molecular formula is C19H18FN3O2. The van der Waals surface area contributed by atoms with E-state index in [1.165, 1.54) is 24.7 Å². The molecule has 0 aliphatic rings. The van der Waals surface area contributed by atoms with Crippen LogP contribution in [0.2, 0.25) is 0 Å². The Morgan fingerprint density at radius 2 is 1.88 bits per heavy atom. The molecule has 2 aromatic carbocycles. The normalized spacial score (nSPS) is 10.5. The lowest BCUT2D eigenvalue weighted by atomic mass is 10.3. The molecule has 3 rings (SSSR count). The fourth-order valence-electron chi connectivity index (χ4n) is 2.37. The summed E-state index contributed by atoms with van der Waals surface area (Å²) in [6.45, 7) is 0.819. The molecule has 1 amide bonds. The predicted octanol–water partition coefficient (Wildman–Crippen LogP) is 3.16. The van der Waals surface area contributed by atoms with Crippen molar-refractivity contribution in [3.05, 3.63) is 78.6 Å². The number of nitrogens with zero attached hydrogens (tertiary/aromatic N) is 3. The average Bonchev–Trinajstić information content (AvgIpc) is 3.12. The summed E-state index contributed by atoms with van der Waals surface area (Å²) in [4.78, 5) is 18.3. The van der Waals surface area contributed by atoms with E-state index in [4.69, 9.17) is 4.74 Å². The summed E-state index contributed by atoms with van der Waals surface area (Å²) < 4.78 is 20.3. The zero-order chi connectivity index (χ0) is 17.6. The highest BCUT2D eigenvalue weighted by molar-refractivity contribution is 5.92.